The molecule has 1 aliphatic carbocycles. The number of carbonyl (C=O) groups is 1. The van der Waals surface area contributed by atoms with E-state index in [1.165, 1.54) is 23.2 Å². The summed E-state index contributed by atoms with van der Waals surface area (Å²) in [5.41, 5.74) is 1.61. The molecule has 136 valence electrons. The number of halogens is 1. The van der Waals surface area contributed by atoms with E-state index in [-0.39, 0.29) is 11.9 Å². The van der Waals surface area contributed by atoms with Gasteiger partial charge in [-0.2, -0.15) is 4.68 Å². The lowest BCUT2D eigenvalue weighted by Gasteiger charge is -2.29. The van der Waals surface area contributed by atoms with E-state index in [0.29, 0.717) is 22.8 Å². The Labute approximate surface area is 150 Å². The molecule has 2 aromatic rings. The van der Waals surface area contributed by atoms with Crippen molar-refractivity contribution < 1.29 is 13.9 Å². The summed E-state index contributed by atoms with van der Waals surface area (Å²) in [4.78, 5) is 13.0. The Morgan fingerprint density at radius 2 is 2.12 bits per heavy atom. The summed E-state index contributed by atoms with van der Waals surface area (Å²) < 4.78 is 21.1. The molecule has 1 atom stereocenters. The maximum atomic E-state index is 13.8. The van der Waals surface area contributed by atoms with Gasteiger partial charge in [0.1, 0.15) is 18.0 Å². The zero-order valence-electron chi connectivity index (χ0n) is 14.5. The highest BCUT2D eigenvalue weighted by Gasteiger charge is 2.36. The molecule has 0 bridgehead atoms. The lowest BCUT2D eigenvalue weighted by atomic mass is 9.95. The molecule has 1 aromatic carbocycles. The highest BCUT2D eigenvalue weighted by molar-refractivity contribution is 5.92. The maximum Gasteiger partial charge on any atom is 0.338 e. The molecule has 0 spiro atoms. The number of benzene rings is 1. The van der Waals surface area contributed by atoms with Gasteiger partial charge in [0.15, 0.2) is 0 Å². The van der Waals surface area contributed by atoms with Crippen LogP contribution in [-0.4, -0.2) is 32.3 Å². The number of hydrogen-bond donors (Lipinski definition) is 1. The van der Waals surface area contributed by atoms with Gasteiger partial charge in [0, 0.05) is 5.70 Å². The van der Waals surface area contributed by atoms with Crippen molar-refractivity contribution in [3.8, 4) is 0 Å². The number of aromatic nitrogens is 4. The van der Waals surface area contributed by atoms with Gasteiger partial charge in [-0.15, -0.1) is 0 Å². The second kappa shape index (κ2) is 6.86. The van der Waals surface area contributed by atoms with E-state index < -0.39 is 12.0 Å². The molecular formula is C18H20FN5O2. The van der Waals surface area contributed by atoms with Crippen LogP contribution in [0.3, 0.4) is 0 Å². The molecular weight excluding hydrogens is 337 g/mol. The molecule has 2 heterocycles. The number of ether oxygens (including phenoxy) is 1. The number of carbonyl (C=O) groups excluding carboxylic acids is 1. The van der Waals surface area contributed by atoms with Crippen molar-refractivity contribution in [2.24, 2.45) is 0 Å². The number of allylic oxidation sites excluding steroid dienone is 1. The number of nitrogens with one attached hydrogen (secondary N) is 1. The van der Waals surface area contributed by atoms with Crippen LogP contribution in [0.5, 0.6) is 0 Å². The fraction of sp³-hybridized carbons (Fsp3) is 0.444. The molecule has 1 aromatic heterocycles. The summed E-state index contributed by atoms with van der Waals surface area (Å²) in [5.74, 6) is -0.378. The predicted octanol–water partition coefficient (Wildman–Crippen LogP) is 2.98. The molecule has 0 radical (unpaired) electrons. The fourth-order valence-corrected chi connectivity index (χ4v) is 3.66. The van der Waals surface area contributed by atoms with E-state index in [1.54, 1.807) is 19.1 Å². The normalized spacial score (nSPS) is 20.5. The van der Waals surface area contributed by atoms with Crippen molar-refractivity contribution in [3.05, 3.63) is 46.9 Å². The molecule has 0 saturated heterocycles. The van der Waals surface area contributed by atoms with Crippen molar-refractivity contribution >= 4 is 11.9 Å². The van der Waals surface area contributed by atoms with E-state index in [2.05, 4.69) is 20.8 Å². The Kier molecular flexibility index (Phi) is 4.40. The lowest BCUT2D eigenvalue weighted by Crippen LogP contribution is -2.32. The van der Waals surface area contributed by atoms with E-state index in [0.717, 1.165) is 25.7 Å². The van der Waals surface area contributed by atoms with Gasteiger partial charge in [-0.25, -0.2) is 9.18 Å². The number of rotatable bonds is 3. The second-order valence-corrected chi connectivity index (χ2v) is 6.73. The molecule has 7 nitrogen and oxygen atoms in total. The Morgan fingerprint density at radius 3 is 2.88 bits per heavy atom. The first kappa shape index (κ1) is 16.7. The molecule has 0 amide bonds. The molecule has 26 heavy (non-hydrogen) atoms. The lowest BCUT2D eigenvalue weighted by molar-refractivity contribution is -0.146. The molecule has 1 N–H and O–H groups in total. The number of fused-ring (bicyclic) bond motifs is 1. The highest BCUT2D eigenvalue weighted by Crippen LogP contribution is 2.35. The predicted molar refractivity (Wildman–Crippen MR) is 91.6 cm³/mol. The molecule has 0 unspecified atom stereocenters. The third-order valence-corrected chi connectivity index (χ3v) is 4.92. The van der Waals surface area contributed by atoms with E-state index in [1.807, 2.05) is 0 Å². The van der Waals surface area contributed by atoms with Crippen LogP contribution in [0.25, 0.3) is 0 Å². The van der Waals surface area contributed by atoms with Crippen LogP contribution < -0.4 is 5.32 Å². The van der Waals surface area contributed by atoms with Gasteiger partial charge in [-0.1, -0.05) is 23.7 Å². The van der Waals surface area contributed by atoms with Crippen molar-refractivity contribution in [2.75, 3.05) is 5.32 Å². The molecule has 1 saturated carbocycles. The number of hydrogen-bond acceptors (Lipinski definition) is 6. The Hall–Kier alpha value is -2.77. The van der Waals surface area contributed by atoms with E-state index >= 15 is 0 Å². The summed E-state index contributed by atoms with van der Waals surface area (Å²) in [6.07, 6.45) is 5.01. The van der Waals surface area contributed by atoms with Gasteiger partial charge >= 0.3 is 5.97 Å². The smallest absolute Gasteiger partial charge is 0.338 e. The van der Waals surface area contributed by atoms with Crippen molar-refractivity contribution in [1.82, 2.24) is 20.2 Å². The number of nitrogens with zero attached hydrogens (tertiary/aromatic N) is 4. The average Bonchev–Trinajstić information content (AvgIpc) is 3.09. The van der Waals surface area contributed by atoms with Crippen molar-refractivity contribution in [2.45, 2.75) is 51.2 Å². The SMILES string of the molecule is CC1=C(C(=O)OC2CCCCC2)[C@@H](c2cccc(F)c2)n2nnnc2N1. The summed E-state index contributed by atoms with van der Waals surface area (Å²) in [6.45, 7) is 1.78. The summed E-state index contributed by atoms with van der Waals surface area (Å²) in [7, 11) is 0. The van der Waals surface area contributed by atoms with Crippen LogP contribution in [0, 0.1) is 5.82 Å². The van der Waals surface area contributed by atoms with Gasteiger partial charge in [-0.05, 0) is 60.7 Å². The van der Waals surface area contributed by atoms with Crippen LogP contribution in [0.1, 0.15) is 50.6 Å². The monoisotopic (exact) mass is 357 g/mol. The van der Waals surface area contributed by atoms with Gasteiger partial charge in [0.05, 0.1) is 5.57 Å². The van der Waals surface area contributed by atoms with Crippen LogP contribution in [-0.2, 0) is 9.53 Å². The summed E-state index contributed by atoms with van der Waals surface area (Å²) in [6, 6.07) is 5.49. The number of anilines is 1. The van der Waals surface area contributed by atoms with Crippen molar-refractivity contribution in [1.29, 1.82) is 0 Å². The molecule has 4 rings (SSSR count). The quantitative estimate of drug-likeness (QED) is 0.851. The van der Waals surface area contributed by atoms with Gasteiger partial charge in [-0.3, -0.25) is 0 Å². The first-order chi connectivity index (χ1) is 12.6. The first-order valence-corrected chi connectivity index (χ1v) is 8.85. The molecule has 1 fully saturated rings. The van der Waals surface area contributed by atoms with Crippen LogP contribution >= 0.6 is 0 Å². The Balaban J connectivity index is 1.71. The first-order valence-electron chi connectivity index (χ1n) is 8.85. The summed E-state index contributed by atoms with van der Waals surface area (Å²) >= 11 is 0. The minimum atomic E-state index is -0.631. The van der Waals surface area contributed by atoms with Crippen LogP contribution in [0.4, 0.5) is 10.3 Å². The van der Waals surface area contributed by atoms with E-state index in [9.17, 15) is 9.18 Å². The number of tetrazole rings is 1. The molecule has 1 aliphatic heterocycles. The third-order valence-electron chi connectivity index (χ3n) is 4.92. The maximum absolute atomic E-state index is 13.8. The minimum Gasteiger partial charge on any atom is -0.459 e. The third kappa shape index (κ3) is 3.07. The minimum absolute atomic E-state index is 0.0695. The van der Waals surface area contributed by atoms with E-state index in [4.69, 9.17) is 4.74 Å². The van der Waals surface area contributed by atoms with Gasteiger partial charge in [0.25, 0.3) is 0 Å². The summed E-state index contributed by atoms with van der Waals surface area (Å²) in [5, 5.41) is 14.6. The standard InChI is InChI=1S/C18H20FN5O2/c1-11-15(17(25)26-14-8-3-2-4-9-14)16(12-6-5-7-13(19)10-12)24-18(20-11)21-22-23-24/h5-7,10,14,16H,2-4,8-9H2,1H3,(H,20,21,23)/t16-/m1/s1. The van der Waals surface area contributed by atoms with Gasteiger partial charge < -0.3 is 10.1 Å². The largest absolute Gasteiger partial charge is 0.459 e. The zero-order valence-corrected chi connectivity index (χ0v) is 14.5. The second-order valence-electron chi connectivity index (χ2n) is 6.73. The molecule has 8 heteroatoms. The highest BCUT2D eigenvalue weighted by atomic mass is 19.1. The fourth-order valence-electron chi connectivity index (χ4n) is 3.66. The average molecular weight is 357 g/mol. The van der Waals surface area contributed by atoms with Crippen LogP contribution in [0.2, 0.25) is 0 Å². The number of esters is 1. The zero-order chi connectivity index (χ0) is 18.1. The van der Waals surface area contributed by atoms with Gasteiger partial charge in [0.2, 0.25) is 5.95 Å². The van der Waals surface area contributed by atoms with Crippen molar-refractivity contribution in [3.63, 3.8) is 0 Å². The topological polar surface area (TPSA) is 81.9 Å². The Morgan fingerprint density at radius 1 is 1.31 bits per heavy atom. The Bertz CT molecular complexity index is 857. The molecule has 2 aliphatic rings. The van der Waals surface area contributed by atoms with Crippen LogP contribution in [0.15, 0.2) is 35.5 Å².